The summed E-state index contributed by atoms with van der Waals surface area (Å²) in [6, 6.07) is 19.7. The smallest absolute Gasteiger partial charge is 0.124 e. The van der Waals surface area contributed by atoms with Gasteiger partial charge in [-0.1, -0.05) is 59.6 Å². The van der Waals surface area contributed by atoms with Crippen LogP contribution >= 0.6 is 35.6 Å². The van der Waals surface area contributed by atoms with Crippen molar-refractivity contribution in [3.63, 3.8) is 0 Å². The van der Waals surface area contributed by atoms with E-state index in [0.29, 0.717) is 29.7 Å². The van der Waals surface area contributed by atoms with Gasteiger partial charge in [-0.2, -0.15) is 0 Å². The maximum absolute atomic E-state index is 12.9. The third-order valence-electron chi connectivity index (χ3n) is 3.93. The number of hydrogen-bond donors (Lipinski definition) is 1. The van der Waals surface area contributed by atoms with E-state index >= 15 is 0 Å². The van der Waals surface area contributed by atoms with Gasteiger partial charge < -0.3 is 10.1 Å². The molecule has 0 aliphatic rings. The highest BCUT2D eigenvalue weighted by molar-refractivity contribution is 6.35. The molecular weight excluding hydrogens is 408 g/mol. The SMILES string of the molecule is Cl.Fc1ccc(CNCc2ccccc2OCc2ccc(Cl)cc2Cl)cc1. The van der Waals surface area contributed by atoms with Gasteiger partial charge in [-0.3, -0.25) is 0 Å². The molecule has 3 rings (SSSR count). The van der Waals surface area contributed by atoms with E-state index in [4.69, 9.17) is 27.9 Å². The van der Waals surface area contributed by atoms with Gasteiger partial charge in [0, 0.05) is 34.3 Å². The van der Waals surface area contributed by atoms with E-state index in [1.807, 2.05) is 30.3 Å². The van der Waals surface area contributed by atoms with Gasteiger partial charge in [0.1, 0.15) is 18.2 Å². The lowest BCUT2D eigenvalue weighted by Crippen LogP contribution is -2.13. The first-order valence-electron chi connectivity index (χ1n) is 8.21. The summed E-state index contributed by atoms with van der Waals surface area (Å²) >= 11 is 12.1. The molecule has 0 unspecified atom stereocenters. The van der Waals surface area contributed by atoms with E-state index in [1.54, 1.807) is 24.3 Å². The van der Waals surface area contributed by atoms with Crippen molar-refractivity contribution in [2.45, 2.75) is 19.7 Å². The Balaban J connectivity index is 0.00000261. The van der Waals surface area contributed by atoms with Gasteiger partial charge in [0.15, 0.2) is 0 Å². The van der Waals surface area contributed by atoms with E-state index in [1.165, 1.54) is 12.1 Å². The molecule has 0 saturated carbocycles. The maximum atomic E-state index is 12.9. The Morgan fingerprint density at radius 1 is 0.852 bits per heavy atom. The van der Waals surface area contributed by atoms with Gasteiger partial charge in [-0.25, -0.2) is 4.39 Å². The molecule has 27 heavy (non-hydrogen) atoms. The zero-order valence-electron chi connectivity index (χ0n) is 14.4. The summed E-state index contributed by atoms with van der Waals surface area (Å²) in [5.41, 5.74) is 2.95. The third kappa shape index (κ3) is 6.40. The summed E-state index contributed by atoms with van der Waals surface area (Å²) in [4.78, 5) is 0. The fourth-order valence-corrected chi connectivity index (χ4v) is 2.99. The van der Waals surface area contributed by atoms with Crippen LogP contribution in [0.4, 0.5) is 4.39 Å². The van der Waals surface area contributed by atoms with Crippen LogP contribution in [0, 0.1) is 5.82 Å². The molecule has 0 atom stereocenters. The van der Waals surface area contributed by atoms with Crippen LogP contribution in [0.15, 0.2) is 66.7 Å². The van der Waals surface area contributed by atoms with Crippen molar-refractivity contribution in [3.05, 3.63) is 99.3 Å². The number of rotatable bonds is 7. The molecule has 0 amide bonds. The van der Waals surface area contributed by atoms with Crippen molar-refractivity contribution in [1.82, 2.24) is 5.32 Å². The Morgan fingerprint density at radius 3 is 2.33 bits per heavy atom. The lowest BCUT2D eigenvalue weighted by molar-refractivity contribution is 0.302. The summed E-state index contributed by atoms with van der Waals surface area (Å²) in [6.07, 6.45) is 0. The molecule has 0 saturated heterocycles. The Morgan fingerprint density at radius 2 is 1.59 bits per heavy atom. The number of ether oxygens (including phenoxy) is 1. The van der Waals surface area contributed by atoms with E-state index in [0.717, 1.165) is 22.4 Å². The van der Waals surface area contributed by atoms with E-state index in [9.17, 15) is 4.39 Å². The van der Waals surface area contributed by atoms with Gasteiger partial charge in [-0.15, -0.1) is 12.4 Å². The standard InChI is InChI=1S/C21H18Cl2FNO.ClH/c22-18-8-7-17(20(23)11-18)14-26-21-4-2-1-3-16(21)13-25-12-15-5-9-19(24)10-6-15;/h1-11,25H,12-14H2;1H. The molecule has 1 N–H and O–H groups in total. The lowest BCUT2D eigenvalue weighted by Gasteiger charge is -2.13. The Bertz CT molecular complexity index is 872. The molecule has 0 spiro atoms. The first-order chi connectivity index (χ1) is 12.6. The van der Waals surface area contributed by atoms with Crippen molar-refractivity contribution in [2.75, 3.05) is 0 Å². The fourth-order valence-electron chi connectivity index (χ4n) is 2.53. The minimum absolute atomic E-state index is 0. The predicted octanol–water partition coefficient (Wildman–Crippen LogP) is 6.42. The second kappa shape index (κ2) is 10.5. The van der Waals surface area contributed by atoms with E-state index in [2.05, 4.69) is 5.32 Å². The number of para-hydroxylation sites is 1. The molecule has 2 nitrogen and oxygen atoms in total. The van der Waals surface area contributed by atoms with Crippen molar-refractivity contribution in [1.29, 1.82) is 0 Å². The number of nitrogens with one attached hydrogen (secondary N) is 1. The van der Waals surface area contributed by atoms with Gasteiger partial charge in [0.05, 0.1) is 0 Å². The number of halogens is 4. The molecule has 0 fully saturated rings. The number of benzene rings is 3. The van der Waals surface area contributed by atoms with Crippen LogP contribution in [0.25, 0.3) is 0 Å². The predicted molar refractivity (Wildman–Crippen MR) is 111 cm³/mol. The highest BCUT2D eigenvalue weighted by Crippen LogP contribution is 2.24. The van der Waals surface area contributed by atoms with Crippen molar-refractivity contribution in [2.24, 2.45) is 0 Å². The van der Waals surface area contributed by atoms with Crippen LogP contribution in [0.3, 0.4) is 0 Å². The summed E-state index contributed by atoms with van der Waals surface area (Å²) in [5.74, 6) is 0.568. The highest BCUT2D eigenvalue weighted by atomic mass is 35.5. The van der Waals surface area contributed by atoms with Crippen LogP contribution in [0.1, 0.15) is 16.7 Å². The molecule has 6 heteroatoms. The van der Waals surface area contributed by atoms with Gasteiger partial charge in [-0.05, 0) is 35.9 Å². The second-order valence-electron chi connectivity index (χ2n) is 5.86. The fraction of sp³-hybridized carbons (Fsp3) is 0.143. The molecule has 3 aromatic rings. The van der Waals surface area contributed by atoms with Crippen LogP contribution in [0.5, 0.6) is 5.75 Å². The van der Waals surface area contributed by atoms with Crippen LogP contribution in [-0.4, -0.2) is 0 Å². The average molecular weight is 427 g/mol. The molecule has 0 radical (unpaired) electrons. The molecule has 0 aromatic heterocycles. The Kier molecular flexibility index (Phi) is 8.39. The first kappa shape index (κ1) is 21.5. The van der Waals surface area contributed by atoms with Crippen LogP contribution in [0.2, 0.25) is 10.0 Å². The quantitative estimate of drug-likeness (QED) is 0.470. The van der Waals surface area contributed by atoms with Crippen molar-refractivity contribution < 1.29 is 9.13 Å². The monoisotopic (exact) mass is 425 g/mol. The molecule has 3 aromatic carbocycles. The second-order valence-corrected chi connectivity index (χ2v) is 6.71. The highest BCUT2D eigenvalue weighted by Gasteiger charge is 2.06. The number of hydrogen-bond acceptors (Lipinski definition) is 2. The van der Waals surface area contributed by atoms with Gasteiger partial charge in [0.25, 0.3) is 0 Å². The average Bonchev–Trinajstić information content (AvgIpc) is 2.64. The Labute approximate surface area is 174 Å². The molecule has 0 heterocycles. The Hall–Kier alpha value is -1.78. The topological polar surface area (TPSA) is 21.3 Å². The molecule has 0 aliphatic carbocycles. The van der Waals surface area contributed by atoms with E-state index < -0.39 is 0 Å². The minimum atomic E-state index is -0.228. The summed E-state index contributed by atoms with van der Waals surface area (Å²) in [7, 11) is 0. The third-order valence-corrected chi connectivity index (χ3v) is 4.52. The van der Waals surface area contributed by atoms with Crippen molar-refractivity contribution >= 4 is 35.6 Å². The zero-order valence-corrected chi connectivity index (χ0v) is 16.8. The molecular formula is C21H19Cl3FNO. The van der Waals surface area contributed by atoms with Gasteiger partial charge >= 0.3 is 0 Å². The summed E-state index contributed by atoms with van der Waals surface area (Å²) in [5, 5.41) is 4.54. The zero-order chi connectivity index (χ0) is 18.4. The molecule has 142 valence electrons. The van der Waals surface area contributed by atoms with Gasteiger partial charge in [0.2, 0.25) is 0 Å². The van der Waals surface area contributed by atoms with Crippen molar-refractivity contribution in [3.8, 4) is 5.75 Å². The molecule has 0 aliphatic heterocycles. The minimum Gasteiger partial charge on any atom is -0.489 e. The maximum Gasteiger partial charge on any atom is 0.124 e. The van der Waals surface area contributed by atoms with Crippen LogP contribution in [-0.2, 0) is 19.7 Å². The van der Waals surface area contributed by atoms with E-state index in [-0.39, 0.29) is 18.2 Å². The first-order valence-corrected chi connectivity index (χ1v) is 8.97. The normalized spacial score (nSPS) is 10.3. The summed E-state index contributed by atoms with van der Waals surface area (Å²) < 4.78 is 18.9. The summed E-state index contributed by atoms with van der Waals surface area (Å²) in [6.45, 7) is 1.66. The van der Waals surface area contributed by atoms with Crippen LogP contribution < -0.4 is 10.1 Å². The molecule has 0 bridgehead atoms. The largest absolute Gasteiger partial charge is 0.489 e. The lowest BCUT2D eigenvalue weighted by atomic mass is 10.1.